The molecule has 0 aromatic heterocycles. The van der Waals surface area contributed by atoms with Crippen molar-refractivity contribution in [3.63, 3.8) is 0 Å². The van der Waals surface area contributed by atoms with Crippen molar-refractivity contribution < 1.29 is 9.53 Å². The van der Waals surface area contributed by atoms with Gasteiger partial charge in [-0.1, -0.05) is 47.1 Å². The molecular weight excluding hydrogens is 288 g/mol. The highest BCUT2D eigenvalue weighted by Crippen LogP contribution is 2.38. The Morgan fingerprint density at radius 2 is 1.96 bits per heavy atom. The first kappa shape index (κ1) is 17.8. The lowest BCUT2D eigenvalue weighted by atomic mass is 9.95. The minimum absolute atomic E-state index is 0.0359. The molecule has 128 valence electrons. The number of rotatable bonds is 6. The van der Waals surface area contributed by atoms with E-state index < -0.39 is 6.10 Å². The summed E-state index contributed by atoms with van der Waals surface area (Å²) in [6.45, 7) is 11.1. The summed E-state index contributed by atoms with van der Waals surface area (Å²) in [5.74, 6) is 1.36. The number of ether oxygens (including phenoxy) is 1. The Balaban J connectivity index is 2.41. The van der Waals surface area contributed by atoms with E-state index in [0.717, 1.165) is 36.4 Å². The number of nitrogens with zero attached hydrogens (tertiary/aromatic N) is 1. The first-order valence-electron chi connectivity index (χ1n) is 8.74. The standard InChI is InChI=1S/C19H30N2O2/c1-6-7-10-21-15-11-14(17(20)12(2)3)8-9-16(15)23-18(13(4)5)19(21)22/h8-9,11-13,17-18H,6-7,10,20H2,1-5H3. The van der Waals surface area contributed by atoms with Crippen molar-refractivity contribution >= 4 is 11.6 Å². The van der Waals surface area contributed by atoms with Gasteiger partial charge < -0.3 is 15.4 Å². The fourth-order valence-electron chi connectivity index (χ4n) is 2.86. The molecule has 0 radical (unpaired) electrons. The molecule has 0 bridgehead atoms. The van der Waals surface area contributed by atoms with Gasteiger partial charge in [-0.05, 0) is 36.0 Å². The second-order valence-electron chi connectivity index (χ2n) is 7.12. The third kappa shape index (κ3) is 3.69. The predicted octanol–water partition coefficient (Wildman–Crippen LogP) is 3.89. The minimum Gasteiger partial charge on any atom is -0.478 e. The van der Waals surface area contributed by atoms with Crippen LogP contribution in [-0.4, -0.2) is 18.6 Å². The molecule has 4 nitrogen and oxygen atoms in total. The average Bonchev–Trinajstić information content (AvgIpc) is 2.52. The molecule has 2 N–H and O–H groups in total. The van der Waals surface area contributed by atoms with Crippen LogP contribution in [0.1, 0.15) is 59.1 Å². The van der Waals surface area contributed by atoms with Crippen LogP contribution in [0.5, 0.6) is 5.75 Å². The summed E-state index contributed by atoms with van der Waals surface area (Å²) in [6.07, 6.45) is 1.64. The molecule has 1 aliphatic rings. The smallest absolute Gasteiger partial charge is 0.268 e. The topological polar surface area (TPSA) is 55.6 Å². The lowest BCUT2D eigenvalue weighted by Crippen LogP contribution is -2.48. The fraction of sp³-hybridized carbons (Fsp3) is 0.632. The normalized spacial score (nSPS) is 19.0. The van der Waals surface area contributed by atoms with Crippen molar-refractivity contribution in [1.82, 2.24) is 0 Å². The number of nitrogens with two attached hydrogens (primary N) is 1. The van der Waals surface area contributed by atoms with Gasteiger partial charge in [0.2, 0.25) is 0 Å². The average molecular weight is 318 g/mol. The van der Waals surface area contributed by atoms with E-state index >= 15 is 0 Å². The van der Waals surface area contributed by atoms with E-state index in [1.54, 1.807) is 0 Å². The number of carbonyl (C=O) groups excluding carboxylic acids is 1. The van der Waals surface area contributed by atoms with Crippen LogP contribution in [0.4, 0.5) is 5.69 Å². The lowest BCUT2D eigenvalue weighted by Gasteiger charge is -2.36. The molecule has 4 heteroatoms. The molecular formula is C19H30N2O2. The maximum atomic E-state index is 12.8. The van der Waals surface area contributed by atoms with E-state index in [-0.39, 0.29) is 17.9 Å². The zero-order chi connectivity index (χ0) is 17.1. The van der Waals surface area contributed by atoms with Crippen molar-refractivity contribution in [2.45, 2.75) is 59.6 Å². The maximum absolute atomic E-state index is 12.8. The number of fused-ring (bicyclic) bond motifs is 1. The fourth-order valence-corrected chi connectivity index (χ4v) is 2.86. The van der Waals surface area contributed by atoms with Crippen LogP contribution in [0.2, 0.25) is 0 Å². The molecule has 0 spiro atoms. The number of hydrogen-bond donors (Lipinski definition) is 1. The first-order chi connectivity index (χ1) is 10.9. The first-order valence-corrected chi connectivity index (χ1v) is 8.74. The van der Waals surface area contributed by atoms with Gasteiger partial charge in [-0.2, -0.15) is 0 Å². The number of anilines is 1. The molecule has 1 aromatic rings. The maximum Gasteiger partial charge on any atom is 0.268 e. The molecule has 1 amide bonds. The quantitative estimate of drug-likeness (QED) is 0.865. The van der Waals surface area contributed by atoms with E-state index in [1.165, 1.54) is 0 Å². The number of hydrogen-bond acceptors (Lipinski definition) is 3. The highest BCUT2D eigenvalue weighted by Gasteiger charge is 2.36. The third-order valence-corrected chi connectivity index (χ3v) is 4.48. The van der Waals surface area contributed by atoms with Gasteiger partial charge in [0, 0.05) is 12.6 Å². The van der Waals surface area contributed by atoms with Crippen LogP contribution in [0.15, 0.2) is 18.2 Å². The second-order valence-corrected chi connectivity index (χ2v) is 7.12. The molecule has 0 aliphatic carbocycles. The van der Waals surface area contributed by atoms with E-state index in [4.69, 9.17) is 10.5 Å². The van der Waals surface area contributed by atoms with E-state index in [1.807, 2.05) is 36.9 Å². The van der Waals surface area contributed by atoms with Gasteiger partial charge in [0.05, 0.1) is 5.69 Å². The Labute approximate surface area is 140 Å². The predicted molar refractivity (Wildman–Crippen MR) is 94.7 cm³/mol. The zero-order valence-corrected chi connectivity index (χ0v) is 15.0. The Kier molecular flexibility index (Phi) is 5.69. The zero-order valence-electron chi connectivity index (χ0n) is 15.0. The van der Waals surface area contributed by atoms with Gasteiger partial charge >= 0.3 is 0 Å². The SMILES string of the molecule is CCCCN1C(=O)C(C(C)C)Oc2ccc(C(N)C(C)C)cc21. The monoisotopic (exact) mass is 318 g/mol. The van der Waals surface area contributed by atoms with Gasteiger partial charge in [0.25, 0.3) is 5.91 Å². The van der Waals surface area contributed by atoms with Crippen LogP contribution >= 0.6 is 0 Å². The molecule has 23 heavy (non-hydrogen) atoms. The van der Waals surface area contributed by atoms with Gasteiger partial charge in [-0.25, -0.2) is 0 Å². The summed E-state index contributed by atoms with van der Waals surface area (Å²) in [7, 11) is 0. The lowest BCUT2D eigenvalue weighted by molar-refractivity contribution is -0.128. The molecule has 0 saturated heterocycles. The Hall–Kier alpha value is -1.55. The molecule has 1 aromatic carbocycles. The molecule has 2 atom stereocenters. The van der Waals surface area contributed by atoms with E-state index in [2.05, 4.69) is 20.8 Å². The van der Waals surface area contributed by atoms with Crippen LogP contribution in [0.25, 0.3) is 0 Å². The summed E-state index contributed by atoms with van der Waals surface area (Å²) in [4.78, 5) is 14.7. The van der Waals surface area contributed by atoms with Crippen molar-refractivity contribution in [3.05, 3.63) is 23.8 Å². The molecule has 2 unspecified atom stereocenters. The summed E-state index contributed by atoms with van der Waals surface area (Å²) in [5.41, 5.74) is 8.21. The Morgan fingerprint density at radius 3 is 2.52 bits per heavy atom. The van der Waals surface area contributed by atoms with Gasteiger partial charge in [-0.3, -0.25) is 4.79 Å². The van der Waals surface area contributed by atoms with Gasteiger partial charge in [-0.15, -0.1) is 0 Å². The van der Waals surface area contributed by atoms with Crippen molar-refractivity contribution in [1.29, 1.82) is 0 Å². The second kappa shape index (κ2) is 7.35. The molecule has 1 heterocycles. The summed E-state index contributed by atoms with van der Waals surface area (Å²) < 4.78 is 5.98. The summed E-state index contributed by atoms with van der Waals surface area (Å²) in [5, 5.41) is 0. The van der Waals surface area contributed by atoms with Crippen molar-refractivity contribution in [2.24, 2.45) is 17.6 Å². The van der Waals surface area contributed by atoms with Crippen LogP contribution in [0, 0.1) is 11.8 Å². The number of amides is 1. The number of benzene rings is 1. The van der Waals surface area contributed by atoms with Crippen LogP contribution in [-0.2, 0) is 4.79 Å². The van der Waals surface area contributed by atoms with Crippen molar-refractivity contribution in [2.75, 3.05) is 11.4 Å². The highest BCUT2D eigenvalue weighted by molar-refractivity contribution is 6.00. The van der Waals surface area contributed by atoms with Crippen LogP contribution < -0.4 is 15.4 Å². The van der Waals surface area contributed by atoms with E-state index in [0.29, 0.717) is 5.92 Å². The van der Waals surface area contributed by atoms with E-state index in [9.17, 15) is 4.79 Å². The highest BCUT2D eigenvalue weighted by atomic mass is 16.5. The Bertz CT molecular complexity index is 554. The molecule has 0 saturated carbocycles. The largest absolute Gasteiger partial charge is 0.478 e. The Morgan fingerprint density at radius 1 is 1.26 bits per heavy atom. The van der Waals surface area contributed by atoms with Crippen LogP contribution in [0.3, 0.4) is 0 Å². The molecule has 1 aliphatic heterocycles. The number of carbonyl (C=O) groups is 1. The molecule has 0 fully saturated rings. The molecule has 2 rings (SSSR count). The van der Waals surface area contributed by atoms with Gasteiger partial charge in [0.1, 0.15) is 5.75 Å². The third-order valence-electron chi connectivity index (χ3n) is 4.48. The van der Waals surface area contributed by atoms with Gasteiger partial charge in [0.15, 0.2) is 6.10 Å². The summed E-state index contributed by atoms with van der Waals surface area (Å²) in [6, 6.07) is 5.98. The minimum atomic E-state index is -0.399. The van der Waals surface area contributed by atoms with Crippen molar-refractivity contribution in [3.8, 4) is 5.75 Å². The number of unbranched alkanes of at least 4 members (excludes halogenated alkanes) is 1. The summed E-state index contributed by atoms with van der Waals surface area (Å²) >= 11 is 0.